The average molecular weight is 166 g/mol. The number of aliphatic hydroxyl groups excluding tert-OH is 1. The Morgan fingerprint density at radius 1 is 1.50 bits per heavy atom. The van der Waals surface area contributed by atoms with E-state index in [2.05, 4.69) is 18.8 Å². The SMILES string of the molecule is CC#C[C@]1(C)CCCC[C@@H]1CO. The van der Waals surface area contributed by atoms with Crippen molar-refractivity contribution in [1.82, 2.24) is 0 Å². The van der Waals surface area contributed by atoms with Gasteiger partial charge in [0, 0.05) is 12.0 Å². The van der Waals surface area contributed by atoms with E-state index in [0.29, 0.717) is 12.5 Å². The van der Waals surface area contributed by atoms with Crippen LogP contribution in [0.15, 0.2) is 0 Å². The second-order valence-corrected chi connectivity index (χ2v) is 3.92. The topological polar surface area (TPSA) is 20.2 Å². The van der Waals surface area contributed by atoms with Gasteiger partial charge in [-0.2, -0.15) is 0 Å². The van der Waals surface area contributed by atoms with Crippen LogP contribution in [0.5, 0.6) is 0 Å². The van der Waals surface area contributed by atoms with Crippen molar-refractivity contribution in [3.8, 4) is 11.8 Å². The number of aliphatic hydroxyl groups is 1. The van der Waals surface area contributed by atoms with Gasteiger partial charge in [0.15, 0.2) is 0 Å². The van der Waals surface area contributed by atoms with Crippen LogP contribution in [-0.2, 0) is 0 Å². The monoisotopic (exact) mass is 166 g/mol. The summed E-state index contributed by atoms with van der Waals surface area (Å²) in [5, 5.41) is 9.19. The van der Waals surface area contributed by atoms with Crippen LogP contribution < -0.4 is 0 Å². The Bertz CT molecular complexity index is 199. The van der Waals surface area contributed by atoms with Crippen molar-refractivity contribution < 1.29 is 5.11 Å². The smallest absolute Gasteiger partial charge is 0.0473 e. The molecule has 1 nitrogen and oxygen atoms in total. The molecular formula is C11H18O. The highest BCUT2D eigenvalue weighted by molar-refractivity contribution is 5.12. The van der Waals surface area contributed by atoms with Crippen LogP contribution in [0.25, 0.3) is 0 Å². The Morgan fingerprint density at radius 3 is 2.83 bits per heavy atom. The highest BCUT2D eigenvalue weighted by Crippen LogP contribution is 2.40. The van der Waals surface area contributed by atoms with Crippen molar-refractivity contribution >= 4 is 0 Å². The first-order valence-electron chi connectivity index (χ1n) is 4.77. The van der Waals surface area contributed by atoms with Gasteiger partial charge in [-0.25, -0.2) is 0 Å². The molecule has 0 heterocycles. The van der Waals surface area contributed by atoms with Gasteiger partial charge in [0.05, 0.1) is 0 Å². The molecule has 68 valence electrons. The maximum atomic E-state index is 9.19. The van der Waals surface area contributed by atoms with E-state index in [9.17, 15) is 5.11 Å². The maximum Gasteiger partial charge on any atom is 0.0473 e. The molecule has 1 heteroatoms. The summed E-state index contributed by atoms with van der Waals surface area (Å²) in [4.78, 5) is 0. The molecule has 1 saturated carbocycles. The summed E-state index contributed by atoms with van der Waals surface area (Å²) in [6, 6.07) is 0. The van der Waals surface area contributed by atoms with E-state index < -0.39 is 0 Å². The summed E-state index contributed by atoms with van der Waals surface area (Å²) >= 11 is 0. The molecule has 0 radical (unpaired) electrons. The van der Waals surface area contributed by atoms with E-state index in [1.165, 1.54) is 12.8 Å². The highest BCUT2D eigenvalue weighted by Gasteiger charge is 2.34. The fraction of sp³-hybridized carbons (Fsp3) is 0.818. The quantitative estimate of drug-likeness (QED) is 0.592. The van der Waals surface area contributed by atoms with Crippen molar-refractivity contribution in [3.63, 3.8) is 0 Å². The molecule has 0 unspecified atom stereocenters. The molecule has 1 rings (SSSR count). The molecule has 1 aliphatic carbocycles. The van der Waals surface area contributed by atoms with E-state index >= 15 is 0 Å². The molecule has 1 aliphatic rings. The van der Waals surface area contributed by atoms with Gasteiger partial charge in [-0.3, -0.25) is 0 Å². The molecule has 0 aromatic rings. The number of rotatable bonds is 1. The zero-order chi connectivity index (χ0) is 9.03. The van der Waals surface area contributed by atoms with Gasteiger partial charge in [-0.05, 0) is 32.6 Å². The Hall–Kier alpha value is -0.480. The molecule has 0 amide bonds. The standard InChI is InChI=1S/C11H18O/c1-3-7-11(2)8-5-4-6-10(11)9-12/h10,12H,4-6,8-9H2,1-2H3/t10-,11-/m1/s1. The summed E-state index contributed by atoms with van der Waals surface area (Å²) in [6.07, 6.45) is 4.81. The van der Waals surface area contributed by atoms with E-state index in [-0.39, 0.29) is 5.41 Å². The molecule has 0 saturated heterocycles. The molecule has 12 heavy (non-hydrogen) atoms. The minimum atomic E-state index is 0.0851. The van der Waals surface area contributed by atoms with Crippen LogP contribution in [0.1, 0.15) is 39.5 Å². The largest absolute Gasteiger partial charge is 0.396 e. The van der Waals surface area contributed by atoms with Crippen LogP contribution in [0.3, 0.4) is 0 Å². The number of hydrogen-bond donors (Lipinski definition) is 1. The highest BCUT2D eigenvalue weighted by atomic mass is 16.3. The predicted octanol–water partition coefficient (Wildman–Crippen LogP) is 2.20. The van der Waals surface area contributed by atoms with Crippen LogP contribution in [0, 0.1) is 23.2 Å². The third-order valence-corrected chi connectivity index (χ3v) is 3.03. The summed E-state index contributed by atoms with van der Waals surface area (Å²) in [7, 11) is 0. The third kappa shape index (κ3) is 1.81. The molecular weight excluding hydrogens is 148 g/mol. The van der Waals surface area contributed by atoms with Gasteiger partial charge < -0.3 is 5.11 Å². The lowest BCUT2D eigenvalue weighted by Crippen LogP contribution is -2.31. The van der Waals surface area contributed by atoms with Gasteiger partial charge in [-0.15, -0.1) is 5.92 Å². The first-order chi connectivity index (χ1) is 5.73. The Balaban J connectivity index is 2.73. The average Bonchev–Trinajstić information content (AvgIpc) is 2.05. The summed E-state index contributed by atoms with van der Waals surface area (Å²) < 4.78 is 0. The van der Waals surface area contributed by atoms with Crippen molar-refractivity contribution in [2.45, 2.75) is 39.5 Å². The Labute approximate surface area is 75.2 Å². The molecule has 0 aromatic carbocycles. The van der Waals surface area contributed by atoms with Crippen LogP contribution in [0.2, 0.25) is 0 Å². The van der Waals surface area contributed by atoms with Crippen LogP contribution in [0.4, 0.5) is 0 Å². The molecule has 2 atom stereocenters. The van der Waals surface area contributed by atoms with Gasteiger partial charge in [0.2, 0.25) is 0 Å². The summed E-state index contributed by atoms with van der Waals surface area (Å²) in [6.45, 7) is 4.36. The second-order valence-electron chi connectivity index (χ2n) is 3.92. The van der Waals surface area contributed by atoms with Crippen LogP contribution >= 0.6 is 0 Å². The summed E-state index contributed by atoms with van der Waals surface area (Å²) in [5.41, 5.74) is 0.0851. The number of hydrogen-bond acceptors (Lipinski definition) is 1. The van der Waals surface area contributed by atoms with Gasteiger partial charge in [-0.1, -0.05) is 18.8 Å². The van der Waals surface area contributed by atoms with E-state index in [4.69, 9.17) is 0 Å². The predicted molar refractivity (Wildman–Crippen MR) is 50.6 cm³/mol. The van der Waals surface area contributed by atoms with E-state index in [1.54, 1.807) is 0 Å². The van der Waals surface area contributed by atoms with E-state index in [0.717, 1.165) is 12.8 Å². The Kier molecular flexibility index (Phi) is 3.17. The normalized spacial score (nSPS) is 35.4. The molecule has 0 spiro atoms. The lowest BCUT2D eigenvalue weighted by atomic mass is 9.68. The first kappa shape index (κ1) is 9.61. The van der Waals surface area contributed by atoms with E-state index in [1.807, 2.05) is 6.92 Å². The maximum absolute atomic E-state index is 9.19. The van der Waals surface area contributed by atoms with Crippen molar-refractivity contribution in [1.29, 1.82) is 0 Å². The van der Waals surface area contributed by atoms with Crippen LogP contribution in [-0.4, -0.2) is 11.7 Å². The Morgan fingerprint density at radius 2 is 2.25 bits per heavy atom. The molecule has 1 fully saturated rings. The lowest BCUT2D eigenvalue weighted by molar-refractivity contribution is 0.102. The zero-order valence-electron chi connectivity index (χ0n) is 8.06. The fourth-order valence-corrected chi connectivity index (χ4v) is 2.15. The summed E-state index contributed by atoms with van der Waals surface area (Å²) in [5.74, 6) is 6.63. The third-order valence-electron chi connectivity index (χ3n) is 3.03. The second kappa shape index (κ2) is 3.96. The molecule has 0 aromatic heterocycles. The minimum absolute atomic E-state index is 0.0851. The first-order valence-corrected chi connectivity index (χ1v) is 4.77. The van der Waals surface area contributed by atoms with Gasteiger partial charge in [0.25, 0.3) is 0 Å². The fourth-order valence-electron chi connectivity index (χ4n) is 2.15. The molecule has 0 aliphatic heterocycles. The van der Waals surface area contributed by atoms with Crippen molar-refractivity contribution in [3.05, 3.63) is 0 Å². The lowest BCUT2D eigenvalue weighted by Gasteiger charge is -2.36. The zero-order valence-corrected chi connectivity index (χ0v) is 8.06. The van der Waals surface area contributed by atoms with Gasteiger partial charge in [0.1, 0.15) is 0 Å². The molecule has 0 bridgehead atoms. The molecule has 1 N–H and O–H groups in total. The van der Waals surface area contributed by atoms with Gasteiger partial charge >= 0.3 is 0 Å². The van der Waals surface area contributed by atoms with Crippen molar-refractivity contribution in [2.75, 3.05) is 6.61 Å². The minimum Gasteiger partial charge on any atom is -0.396 e. The van der Waals surface area contributed by atoms with Crippen molar-refractivity contribution in [2.24, 2.45) is 11.3 Å².